The maximum absolute atomic E-state index is 13.0. The molecule has 1 atom stereocenters. The highest BCUT2D eigenvalue weighted by Crippen LogP contribution is 2.40. The molecular weight excluding hydrogens is 516 g/mol. The van der Waals surface area contributed by atoms with Crippen LogP contribution in [0.1, 0.15) is 60.4 Å². The zero-order valence-electron chi connectivity index (χ0n) is 22.9. The van der Waals surface area contributed by atoms with E-state index in [9.17, 15) is 9.59 Å². The van der Waals surface area contributed by atoms with Crippen LogP contribution >= 0.6 is 0 Å². The van der Waals surface area contributed by atoms with E-state index in [1.807, 2.05) is 34.9 Å². The normalized spacial score (nSPS) is 18.8. The van der Waals surface area contributed by atoms with Gasteiger partial charge in [-0.25, -0.2) is 15.0 Å². The molecule has 4 heterocycles. The van der Waals surface area contributed by atoms with Gasteiger partial charge in [0.1, 0.15) is 22.8 Å². The smallest absolute Gasteiger partial charge is 0.256 e. The number of benzene rings is 1. The molecule has 4 N–H and O–H groups in total. The van der Waals surface area contributed by atoms with Crippen LogP contribution in [0.2, 0.25) is 0 Å². The zero-order chi connectivity index (χ0) is 27.9. The first kappa shape index (κ1) is 25.5. The number of nitrogen functional groups attached to an aromatic ring is 1. The number of nitrogens with two attached hydrogens (primary N) is 1. The fourth-order valence-corrected chi connectivity index (χ4v) is 5.71. The van der Waals surface area contributed by atoms with Crippen molar-refractivity contribution in [2.75, 3.05) is 35.6 Å². The predicted molar refractivity (Wildman–Crippen MR) is 158 cm³/mol. The van der Waals surface area contributed by atoms with Gasteiger partial charge in [0.2, 0.25) is 11.9 Å². The average molecular weight is 551 g/mol. The van der Waals surface area contributed by atoms with Gasteiger partial charge in [0.15, 0.2) is 0 Å². The van der Waals surface area contributed by atoms with Gasteiger partial charge in [-0.3, -0.25) is 14.0 Å². The molecule has 0 radical (unpaired) electrons. The number of carbonyl (C=O) groups excluding carboxylic acids is 2. The van der Waals surface area contributed by atoms with Gasteiger partial charge < -0.3 is 21.3 Å². The molecule has 0 bridgehead atoms. The van der Waals surface area contributed by atoms with Gasteiger partial charge >= 0.3 is 0 Å². The van der Waals surface area contributed by atoms with Gasteiger partial charge in [-0.15, -0.1) is 0 Å². The number of fused-ring (bicyclic) bond motifs is 1. The molecule has 4 aromatic rings. The average Bonchev–Trinajstić information content (AvgIpc) is 3.94. The molecule has 3 aliphatic rings. The molecule has 41 heavy (non-hydrogen) atoms. The largest absolute Gasteiger partial charge is 0.382 e. The molecule has 1 aromatic carbocycles. The number of nitrogens with zero attached hydrogens (tertiary/aromatic N) is 5. The quantitative estimate of drug-likeness (QED) is 0.299. The van der Waals surface area contributed by atoms with E-state index in [1.165, 1.54) is 31.2 Å². The van der Waals surface area contributed by atoms with Crippen LogP contribution in [0.5, 0.6) is 0 Å². The van der Waals surface area contributed by atoms with E-state index < -0.39 is 0 Å². The number of hydrogen-bond acceptors (Lipinski definition) is 7. The van der Waals surface area contributed by atoms with Crippen molar-refractivity contribution in [1.82, 2.24) is 24.7 Å². The number of amides is 2. The van der Waals surface area contributed by atoms with Crippen molar-refractivity contribution in [3.8, 4) is 11.3 Å². The van der Waals surface area contributed by atoms with Gasteiger partial charge in [-0.1, -0.05) is 12.1 Å². The van der Waals surface area contributed by atoms with E-state index in [1.54, 1.807) is 24.5 Å². The third kappa shape index (κ3) is 5.33. The summed E-state index contributed by atoms with van der Waals surface area (Å²) in [6.45, 7) is 2.19. The number of piperidine rings is 1. The number of imidazole rings is 1. The van der Waals surface area contributed by atoms with Crippen molar-refractivity contribution in [2.45, 2.75) is 44.4 Å². The Labute approximate surface area is 238 Å². The topological polar surface area (TPSA) is 131 Å². The number of pyridine rings is 1. The lowest BCUT2D eigenvalue weighted by Gasteiger charge is -2.32. The zero-order valence-corrected chi connectivity index (χ0v) is 22.9. The molecular formula is C31H34N8O2. The molecule has 2 aliphatic carbocycles. The molecule has 0 spiro atoms. The SMILES string of the molecule is Nc1nccn2c(N3CCCC(C(=O)NCC4CC4)C3)nc(-c3ccc(C(=O)Nc4cc(C5CC5)ccn4)cc3)c12. The number of nitrogens with one attached hydrogen (secondary N) is 2. The lowest BCUT2D eigenvalue weighted by Crippen LogP contribution is -2.44. The van der Waals surface area contributed by atoms with E-state index in [-0.39, 0.29) is 17.7 Å². The van der Waals surface area contributed by atoms with Crippen LogP contribution < -0.4 is 21.3 Å². The van der Waals surface area contributed by atoms with Crippen molar-refractivity contribution >= 4 is 34.9 Å². The third-order valence-corrected chi connectivity index (χ3v) is 8.40. The van der Waals surface area contributed by atoms with Crippen LogP contribution in [0.15, 0.2) is 55.0 Å². The highest BCUT2D eigenvalue weighted by molar-refractivity contribution is 6.04. The summed E-state index contributed by atoms with van der Waals surface area (Å²) in [4.78, 5) is 41.7. The number of hydrogen-bond donors (Lipinski definition) is 3. The molecule has 3 aromatic heterocycles. The fourth-order valence-electron chi connectivity index (χ4n) is 5.71. The Bertz CT molecular complexity index is 1610. The van der Waals surface area contributed by atoms with Crippen LogP contribution in [-0.4, -0.2) is 50.8 Å². The molecule has 1 aliphatic heterocycles. The second-order valence-corrected chi connectivity index (χ2v) is 11.5. The molecule has 210 valence electrons. The van der Waals surface area contributed by atoms with Crippen molar-refractivity contribution in [2.24, 2.45) is 11.8 Å². The maximum atomic E-state index is 13.0. The lowest BCUT2D eigenvalue weighted by atomic mass is 9.97. The molecule has 3 fully saturated rings. The monoisotopic (exact) mass is 550 g/mol. The first-order valence-corrected chi connectivity index (χ1v) is 14.6. The lowest BCUT2D eigenvalue weighted by molar-refractivity contribution is -0.125. The van der Waals surface area contributed by atoms with Crippen LogP contribution in [0.25, 0.3) is 16.8 Å². The van der Waals surface area contributed by atoms with E-state index >= 15 is 0 Å². The molecule has 2 saturated carbocycles. The summed E-state index contributed by atoms with van der Waals surface area (Å²) in [5.41, 5.74) is 10.3. The van der Waals surface area contributed by atoms with Gasteiger partial charge in [0.25, 0.3) is 5.91 Å². The van der Waals surface area contributed by atoms with Crippen LogP contribution in [0.3, 0.4) is 0 Å². The van der Waals surface area contributed by atoms with E-state index in [2.05, 4.69) is 25.5 Å². The van der Waals surface area contributed by atoms with Crippen molar-refractivity contribution in [1.29, 1.82) is 0 Å². The van der Waals surface area contributed by atoms with Crippen molar-refractivity contribution < 1.29 is 9.59 Å². The Morgan fingerprint density at radius 1 is 1.00 bits per heavy atom. The summed E-state index contributed by atoms with van der Waals surface area (Å²) in [5.74, 6) is 2.76. The van der Waals surface area contributed by atoms with Crippen LogP contribution in [0.4, 0.5) is 17.6 Å². The Morgan fingerprint density at radius 3 is 2.61 bits per heavy atom. The standard InChI is InChI=1S/C31H34N8O2/c32-28-27-26(21-7-9-22(10-8-21)30(41)36-25-16-23(11-12-33-25)20-5-6-20)37-31(39(27)15-13-34-28)38-14-1-2-24(18-38)29(40)35-17-19-3-4-19/h7-13,15-16,19-20,24H,1-6,14,17-18H2,(H2,32,34)(H,35,40)(H,33,36,41). The highest BCUT2D eigenvalue weighted by atomic mass is 16.2. The molecule has 10 nitrogen and oxygen atoms in total. The summed E-state index contributed by atoms with van der Waals surface area (Å²) >= 11 is 0. The third-order valence-electron chi connectivity index (χ3n) is 8.40. The number of anilines is 3. The Morgan fingerprint density at radius 2 is 1.83 bits per heavy atom. The van der Waals surface area contributed by atoms with Crippen molar-refractivity contribution in [3.05, 3.63) is 66.1 Å². The van der Waals surface area contributed by atoms with Gasteiger partial charge in [-0.2, -0.15) is 0 Å². The van der Waals surface area contributed by atoms with E-state index in [4.69, 9.17) is 10.7 Å². The summed E-state index contributed by atoms with van der Waals surface area (Å²) in [6.07, 6.45) is 11.9. The molecule has 2 amide bonds. The number of rotatable bonds is 8. The highest BCUT2D eigenvalue weighted by Gasteiger charge is 2.30. The van der Waals surface area contributed by atoms with Gasteiger partial charge in [0, 0.05) is 49.4 Å². The molecule has 1 unspecified atom stereocenters. The van der Waals surface area contributed by atoms with E-state index in [0.717, 1.165) is 37.4 Å². The van der Waals surface area contributed by atoms with Crippen LogP contribution in [0, 0.1) is 11.8 Å². The second kappa shape index (κ2) is 10.5. The molecule has 10 heteroatoms. The fraction of sp³-hybridized carbons (Fsp3) is 0.387. The Hall–Kier alpha value is -4.47. The summed E-state index contributed by atoms with van der Waals surface area (Å²) in [5, 5.41) is 6.06. The Balaban J connectivity index is 1.12. The van der Waals surface area contributed by atoms with E-state index in [0.29, 0.717) is 46.8 Å². The number of carbonyl (C=O) groups is 2. The molecule has 7 rings (SSSR count). The molecule has 1 saturated heterocycles. The Kier molecular flexibility index (Phi) is 6.53. The minimum atomic E-state index is -0.215. The minimum absolute atomic E-state index is 0.0743. The second-order valence-electron chi connectivity index (χ2n) is 11.5. The summed E-state index contributed by atoms with van der Waals surface area (Å²) in [7, 11) is 0. The first-order chi connectivity index (χ1) is 20.0. The number of aromatic nitrogens is 4. The van der Waals surface area contributed by atoms with Crippen molar-refractivity contribution in [3.63, 3.8) is 0 Å². The van der Waals surface area contributed by atoms with Gasteiger partial charge in [0.05, 0.1) is 5.92 Å². The van der Waals surface area contributed by atoms with Crippen LogP contribution in [-0.2, 0) is 4.79 Å². The maximum Gasteiger partial charge on any atom is 0.256 e. The first-order valence-electron chi connectivity index (χ1n) is 14.6. The summed E-state index contributed by atoms with van der Waals surface area (Å²) in [6, 6.07) is 11.3. The predicted octanol–water partition coefficient (Wildman–Crippen LogP) is 4.25. The summed E-state index contributed by atoms with van der Waals surface area (Å²) < 4.78 is 1.96. The minimum Gasteiger partial charge on any atom is -0.382 e. The van der Waals surface area contributed by atoms with Gasteiger partial charge in [-0.05, 0) is 80.2 Å².